The van der Waals surface area contributed by atoms with Crippen molar-refractivity contribution in [3.63, 3.8) is 0 Å². The summed E-state index contributed by atoms with van der Waals surface area (Å²) in [6, 6.07) is 18.0. The lowest BCUT2D eigenvalue weighted by molar-refractivity contribution is 0.212. The van der Waals surface area contributed by atoms with Crippen molar-refractivity contribution in [2.24, 2.45) is 5.73 Å². The summed E-state index contributed by atoms with van der Waals surface area (Å²) in [5.74, 6) is 0.882. The Morgan fingerprint density at radius 2 is 1.65 bits per heavy atom. The van der Waals surface area contributed by atoms with Crippen LogP contribution in [0.1, 0.15) is 11.7 Å². The minimum Gasteiger partial charge on any atom is -0.483 e. The fourth-order valence-corrected chi connectivity index (χ4v) is 2.13. The van der Waals surface area contributed by atoms with E-state index in [1.54, 1.807) is 0 Å². The van der Waals surface area contributed by atoms with Crippen LogP contribution < -0.4 is 10.5 Å². The molecule has 1 atom stereocenters. The van der Waals surface area contributed by atoms with E-state index >= 15 is 0 Å². The highest BCUT2D eigenvalue weighted by molar-refractivity contribution is 14.1. The quantitative estimate of drug-likeness (QED) is 0.867. The zero-order valence-electron chi connectivity index (χ0n) is 9.34. The number of benzene rings is 2. The molecule has 0 aliphatic carbocycles. The Labute approximate surface area is 115 Å². The molecule has 0 aliphatic heterocycles. The lowest BCUT2D eigenvalue weighted by Crippen LogP contribution is -2.18. The molecule has 1 unspecified atom stereocenters. The van der Waals surface area contributed by atoms with Gasteiger partial charge in [0.05, 0.1) is 3.57 Å². The van der Waals surface area contributed by atoms with Crippen LogP contribution in [0.25, 0.3) is 0 Å². The van der Waals surface area contributed by atoms with Gasteiger partial charge in [-0.15, -0.1) is 0 Å². The number of para-hydroxylation sites is 1. The second-order valence-corrected chi connectivity index (χ2v) is 4.85. The van der Waals surface area contributed by atoms with Crippen LogP contribution in [0.5, 0.6) is 5.75 Å². The third kappa shape index (κ3) is 3.20. The summed E-state index contributed by atoms with van der Waals surface area (Å²) in [7, 11) is 0. The molecule has 0 amide bonds. The first-order valence-corrected chi connectivity index (χ1v) is 6.55. The fraction of sp³-hybridized carbons (Fsp3) is 0.143. The van der Waals surface area contributed by atoms with E-state index in [2.05, 4.69) is 22.6 Å². The van der Waals surface area contributed by atoms with E-state index in [0.717, 1.165) is 14.9 Å². The van der Waals surface area contributed by atoms with Crippen molar-refractivity contribution in [2.45, 2.75) is 6.10 Å². The summed E-state index contributed by atoms with van der Waals surface area (Å²) in [6.45, 7) is 0.467. The summed E-state index contributed by atoms with van der Waals surface area (Å²) in [4.78, 5) is 0. The van der Waals surface area contributed by atoms with E-state index in [0.29, 0.717) is 6.54 Å². The highest BCUT2D eigenvalue weighted by Crippen LogP contribution is 2.25. The van der Waals surface area contributed by atoms with Crippen LogP contribution in [-0.2, 0) is 0 Å². The molecule has 2 N–H and O–H groups in total. The Morgan fingerprint density at radius 1 is 1.00 bits per heavy atom. The van der Waals surface area contributed by atoms with Gasteiger partial charge >= 0.3 is 0 Å². The number of nitrogens with two attached hydrogens (primary N) is 1. The van der Waals surface area contributed by atoms with E-state index in [1.165, 1.54) is 0 Å². The maximum atomic E-state index is 5.95. The first kappa shape index (κ1) is 12.4. The Morgan fingerprint density at radius 3 is 2.29 bits per heavy atom. The summed E-state index contributed by atoms with van der Waals surface area (Å²) in [6.07, 6.45) is -0.0906. The largest absolute Gasteiger partial charge is 0.483 e. The van der Waals surface area contributed by atoms with Gasteiger partial charge in [0.15, 0.2) is 0 Å². The normalized spacial score (nSPS) is 12.1. The summed E-state index contributed by atoms with van der Waals surface area (Å²) >= 11 is 2.26. The van der Waals surface area contributed by atoms with Gasteiger partial charge in [-0.25, -0.2) is 0 Å². The van der Waals surface area contributed by atoms with Crippen LogP contribution in [0.15, 0.2) is 54.6 Å². The molecule has 0 saturated carbocycles. The third-order valence-electron chi connectivity index (χ3n) is 2.49. The van der Waals surface area contributed by atoms with E-state index in [1.807, 2.05) is 54.6 Å². The first-order chi connectivity index (χ1) is 8.31. The Hall–Kier alpha value is -1.07. The molecule has 0 spiro atoms. The van der Waals surface area contributed by atoms with E-state index in [-0.39, 0.29) is 6.10 Å². The Balaban J connectivity index is 2.19. The summed E-state index contributed by atoms with van der Waals surface area (Å²) in [5, 5.41) is 0. The van der Waals surface area contributed by atoms with Gasteiger partial charge in [-0.2, -0.15) is 0 Å². The van der Waals surface area contributed by atoms with Crippen molar-refractivity contribution >= 4 is 22.6 Å². The molecule has 2 aromatic carbocycles. The fourth-order valence-electron chi connectivity index (χ4n) is 1.61. The van der Waals surface area contributed by atoms with Crippen molar-refractivity contribution in [3.8, 4) is 5.75 Å². The van der Waals surface area contributed by atoms with Crippen LogP contribution in [0.4, 0.5) is 0 Å². The number of hydrogen-bond donors (Lipinski definition) is 1. The van der Waals surface area contributed by atoms with Gasteiger partial charge in [0.25, 0.3) is 0 Å². The molecular weight excluding hydrogens is 325 g/mol. The molecule has 0 saturated heterocycles. The van der Waals surface area contributed by atoms with E-state index in [4.69, 9.17) is 10.5 Å². The molecule has 0 fully saturated rings. The van der Waals surface area contributed by atoms with Gasteiger partial charge in [0.1, 0.15) is 11.9 Å². The SMILES string of the molecule is NCC(Oc1ccccc1I)c1ccccc1. The van der Waals surface area contributed by atoms with Crippen LogP contribution in [0.2, 0.25) is 0 Å². The van der Waals surface area contributed by atoms with E-state index < -0.39 is 0 Å². The molecule has 2 rings (SSSR count). The van der Waals surface area contributed by atoms with E-state index in [9.17, 15) is 0 Å². The molecular formula is C14H14INO. The Bertz CT molecular complexity index is 473. The average Bonchev–Trinajstić information content (AvgIpc) is 2.39. The number of rotatable bonds is 4. The highest BCUT2D eigenvalue weighted by Gasteiger charge is 2.12. The molecule has 0 aliphatic rings. The number of ether oxygens (including phenoxy) is 1. The second-order valence-electron chi connectivity index (χ2n) is 3.68. The molecule has 0 aromatic heterocycles. The summed E-state index contributed by atoms with van der Waals surface area (Å²) in [5.41, 5.74) is 6.88. The zero-order valence-corrected chi connectivity index (χ0v) is 11.5. The molecule has 2 aromatic rings. The maximum Gasteiger partial charge on any atom is 0.136 e. The zero-order chi connectivity index (χ0) is 12.1. The van der Waals surface area contributed by atoms with Crippen LogP contribution >= 0.6 is 22.6 Å². The Kier molecular flexibility index (Phi) is 4.39. The van der Waals surface area contributed by atoms with Crippen molar-refractivity contribution in [1.82, 2.24) is 0 Å². The average molecular weight is 339 g/mol. The first-order valence-electron chi connectivity index (χ1n) is 5.47. The van der Waals surface area contributed by atoms with Crippen LogP contribution in [-0.4, -0.2) is 6.54 Å². The standard InChI is InChI=1S/C14H14INO/c15-12-8-4-5-9-13(12)17-14(10-16)11-6-2-1-3-7-11/h1-9,14H,10,16H2. The molecule has 2 nitrogen and oxygen atoms in total. The van der Waals surface area contributed by atoms with Crippen LogP contribution in [0, 0.1) is 3.57 Å². The minimum atomic E-state index is -0.0906. The molecule has 88 valence electrons. The monoisotopic (exact) mass is 339 g/mol. The lowest BCUT2D eigenvalue weighted by Gasteiger charge is -2.18. The van der Waals surface area contributed by atoms with Gasteiger partial charge in [0, 0.05) is 6.54 Å². The van der Waals surface area contributed by atoms with Crippen molar-refractivity contribution < 1.29 is 4.74 Å². The smallest absolute Gasteiger partial charge is 0.136 e. The highest BCUT2D eigenvalue weighted by atomic mass is 127. The number of hydrogen-bond acceptors (Lipinski definition) is 2. The van der Waals surface area contributed by atoms with Crippen molar-refractivity contribution in [3.05, 3.63) is 63.7 Å². The molecule has 0 bridgehead atoms. The van der Waals surface area contributed by atoms with Gasteiger partial charge in [-0.05, 0) is 40.3 Å². The van der Waals surface area contributed by atoms with Crippen molar-refractivity contribution in [2.75, 3.05) is 6.54 Å². The van der Waals surface area contributed by atoms with Gasteiger partial charge < -0.3 is 10.5 Å². The van der Waals surface area contributed by atoms with Gasteiger partial charge in [-0.1, -0.05) is 42.5 Å². The summed E-state index contributed by atoms with van der Waals surface area (Å²) < 4.78 is 7.04. The van der Waals surface area contributed by atoms with Crippen LogP contribution in [0.3, 0.4) is 0 Å². The van der Waals surface area contributed by atoms with Crippen molar-refractivity contribution in [1.29, 1.82) is 0 Å². The molecule has 0 radical (unpaired) electrons. The lowest BCUT2D eigenvalue weighted by atomic mass is 10.1. The topological polar surface area (TPSA) is 35.2 Å². The van der Waals surface area contributed by atoms with Gasteiger partial charge in [-0.3, -0.25) is 0 Å². The molecule has 0 heterocycles. The third-order valence-corrected chi connectivity index (χ3v) is 3.38. The van der Waals surface area contributed by atoms with Gasteiger partial charge in [0.2, 0.25) is 0 Å². The second kappa shape index (κ2) is 6.02. The predicted octanol–water partition coefficient (Wildman–Crippen LogP) is 3.37. The maximum absolute atomic E-state index is 5.95. The minimum absolute atomic E-state index is 0.0906. The number of halogens is 1. The molecule has 3 heteroatoms. The predicted molar refractivity (Wildman–Crippen MR) is 78.0 cm³/mol. The molecule has 17 heavy (non-hydrogen) atoms.